The molecule has 1 amide bonds. The van der Waals surface area contributed by atoms with Crippen LogP contribution in [0.2, 0.25) is 0 Å². The highest BCUT2D eigenvalue weighted by molar-refractivity contribution is 6.01. The minimum atomic E-state index is -1.05. The van der Waals surface area contributed by atoms with Crippen molar-refractivity contribution in [1.29, 1.82) is 0 Å². The van der Waals surface area contributed by atoms with Gasteiger partial charge in [-0.05, 0) is 28.3 Å². The van der Waals surface area contributed by atoms with Gasteiger partial charge in [0.05, 0.1) is 6.54 Å². The van der Waals surface area contributed by atoms with Crippen molar-refractivity contribution in [3.63, 3.8) is 0 Å². The first-order valence-corrected chi connectivity index (χ1v) is 11.8. The molecule has 0 saturated carbocycles. The number of benzene rings is 4. The third-order valence-electron chi connectivity index (χ3n) is 5.71. The number of para-hydroxylation sites is 1. The number of carbonyl (C=O) groups excluding carboxylic acids is 1. The number of nitrogens with one attached hydrogen (secondary N) is 1. The molecule has 0 radical (unpaired) electrons. The minimum Gasteiger partial charge on any atom is -0.478 e. The van der Waals surface area contributed by atoms with Crippen LogP contribution in [-0.4, -0.2) is 28.4 Å². The van der Waals surface area contributed by atoms with E-state index in [2.05, 4.69) is 10.2 Å². The molecular weight excluding hydrogens is 448 g/mol. The first-order valence-electron chi connectivity index (χ1n) is 11.8. The Hall–Kier alpha value is -4.48. The predicted octanol–water partition coefficient (Wildman–Crippen LogP) is 5.84. The molecule has 5 nitrogen and oxygen atoms in total. The highest BCUT2D eigenvalue weighted by atomic mass is 16.4. The van der Waals surface area contributed by atoms with Crippen molar-refractivity contribution in [1.82, 2.24) is 4.90 Å². The second-order valence-corrected chi connectivity index (χ2v) is 8.47. The molecule has 0 spiro atoms. The lowest BCUT2D eigenvalue weighted by Gasteiger charge is -2.23. The van der Waals surface area contributed by atoms with Gasteiger partial charge in [-0.3, -0.25) is 9.69 Å². The van der Waals surface area contributed by atoms with E-state index in [9.17, 15) is 14.7 Å². The molecule has 4 aromatic carbocycles. The van der Waals surface area contributed by atoms with Gasteiger partial charge in [0.1, 0.15) is 0 Å². The Morgan fingerprint density at radius 3 is 1.75 bits per heavy atom. The summed E-state index contributed by atoms with van der Waals surface area (Å²) in [5.74, 6) is -1.22. The Balaban J connectivity index is 1.57. The molecule has 0 heterocycles. The van der Waals surface area contributed by atoms with Crippen LogP contribution in [0.15, 0.2) is 121 Å². The summed E-state index contributed by atoms with van der Waals surface area (Å²) in [6.45, 7) is 1.43. The molecule has 0 atom stereocenters. The first kappa shape index (κ1) is 24.6. The molecular formula is C31H28N2O3. The fraction of sp³-hybridized carbons (Fsp3) is 0.0968. The van der Waals surface area contributed by atoms with Crippen molar-refractivity contribution in [3.8, 4) is 0 Å². The van der Waals surface area contributed by atoms with Gasteiger partial charge in [-0.25, -0.2) is 4.79 Å². The second-order valence-electron chi connectivity index (χ2n) is 8.47. The third-order valence-corrected chi connectivity index (χ3v) is 5.71. The molecule has 0 fully saturated rings. The molecule has 0 aliphatic rings. The van der Waals surface area contributed by atoms with Crippen LogP contribution in [0.4, 0.5) is 5.69 Å². The zero-order chi connectivity index (χ0) is 25.2. The van der Waals surface area contributed by atoms with Crippen molar-refractivity contribution in [2.45, 2.75) is 13.1 Å². The normalized spacial score (nSPS) is 11.3. The molecule has 0 saturated heterocycles. The van der Waals surface area contributed by atoms with E-state index >= 15 is 0 Å². The summed E-state index contributed by atoms with van der Waals surface area (Å²) in [5.41, 5.74) is 4.76. The average molecular weight is 477 g/mol. The minimum absolute atomic E-state index is 0.169. The molecule has 0 bridgehead atoms. The SMILES string of the molecule is O=C(O)/C=C(\c1ccccc1)c1ccccc1NC(=O)CN(Cc1ccccc1)Cc1ccccc1. The Morgan fingerprint density at radius 1 is 0.694 bits per heavy atom. The number of rotatable bonds is 10. The number of amides is 1. The molecule has 0 aliphatic carbocycles. The number of aliphatic carboxylic acids is 1. The second kappa shape index (κ2) is 12.3. The van der Waals surface area contributed by atoms with Crippen LogP contribution >= 0.6 is 0 Å². The van der Waals surface area contributed by atoms with Crippen LogP contribution in [0.25, 0.3) is 5.57 Å². The van der Waals surface area contributed by atoms with Gasteiger partial charge in [-0.2, -0.15) is 0 Å². The van der Waals surface area contributed by atoms with E-state index in [0.29, 0.717) is 29.9 Å². The molecule has 4 aromatic rings. The highest BCUT2D eigenvalue weighted by Crippen LogP contribution is 2.29. The number of hydrogen-bond acceptors (Lipinski definition) is 3. The maximum atomic E-state index is 13.2. The molecule has 5 heteroatoms. The maximum absolute atomic E-state index is 13.2. The number of carboxylic acid groups (broad SMARTS) is 1. The molecule has 4 rings (SSSR count). The van der Waals surface area contributed by atoms with Gasteiger partial charge < -0.3 is 10.4 Å². The van der Waals surface area contributed by atoms with E-state index in [1.54, 1.807) is 6.07 Å². The van der Waals surface area contributed by atoms with E-state index in [-0.39, 0.29) is 12.5 Å². The highest BCUT2D eigenvalue weighted by Gasteiger charge is 2.16. The van der Waals surface area contributed by atoms with E-state index in [1.807, 2.05) is 109 Å². The molecule has 2 N–H and O–H groups in total. The lowest BCUT2D eigenvalue weighted by molar-refractivity contribution is -0.131. The topological polar surface area (TPSA) is 69.6 Å². The standard InChI is InChI=1S/C31H28N2O3/c34-30(23-33(21-24-12-4-1-5-13-24)22-25-14-6-2-7-15-25)32-29-19-11-10-18-27(29)28(20-31(35)36)26-16-8-3-9-17-26/h1-20H,21-23H2,(H,32,34)(H,35,36)/b28-20+. The third kappa shape index (κ3) is 7.01. The van der Waals surface area contributed by atoms with Crippen LogP contribution < -0.4 is 5.32 Å². The smallest absolute Gasteiger partial charge is 0.328 e. The van der Waals surface area contributed by atoms with E-state index in [4.69, 9.17) is 0 Å². The fourth-order valence-corrected chi connectivity index (χ4v) is 4.13. The Labute approximate surface area is 211 Å². The van der Waals surface area contributed by atoms with Crippen molar-refractivity contribution in [2.75, 3.05) is 11.9 Å². The van der Waals surface area contributed by atoms with Crippen molar-refractivity contribution in [3.05, 3.63) is 144 Å². The summed E-state index contributed by atoms with van der Waals surface area (Å²) < 4.78 is 0. The monoisotopic (exact) mass is 476 g/mol. The fourth-order valence-electron chi connectivity index (χ4n) is 4.13. The van der Waals surface area contributed by atoms with E-state index in [1.165, 1.54) is 6.08 Å². The van der Waals surface area contributed by atoms with Gasteiger partial charge in [0.15, 0.2) is 0 Å². The summed E-state index contributed by atoms with van der Waals surface area (Å²) >= 11 is 0. The summed E-state index contributed by atoms with van der Waals surface area (Å²) in [6, 6.07) is 36.7. The lowest BCUT2D eigenvalue weighted by Crippen LogP contribution is -2.32. The van der Waals surface area contributed by atoms with Gasteiger partial charge in [0, 0.05) is 30.4 Å². The largest absolute Gasteiger partial charge is 0.478 e. The molecule has 180 valence electrons. The van der Waals surface area contributed by atoms with Gasteiger partial charge in [0.25, 0.3) is 0 Å². The molecule has 0 unspecified atom stereocenters. The Morgan fingerprint density at radius 2 is 1.19 bits per heavy atom. The first-order chi connectivity index (χ1) is 17.6. The molecule has 0 aromatic heterocycles. The zero-order valence-corrected chi connectivity index (χ0v) is 19.9. The van der Waals surface area contributed by atoms with Crippen molar-refractivity contribution >= 4 is 23.1 Å². The van der Waals surface area contributed by atoms with Crippen LogP contribution in [0, 0.1) is 0 Å². The number of nitrogens with zero attached hydrogens (tertiary/aromatic N) is 1. The van der Waals surface area contributed by atoms with Crippen LogP contribution in [0.5, 0.6) is 0 Å². The quantitative estimate of drug-likeness (QED) is 0.282. The van der Waals surface area contributed by atoms with Gasteiger partial charge in [-0.15, -0.1) is 0 Å². The number of hydrogen-bond donors (Lipinski definition) is 2. The Kier molecular flexibility index (Phi) is 8.41. The van der Waals surface area contributed by atoms with Gasteiger partial charge in [0.2, 0.25) is 5.91 Å². The summed E-state index contributed by atoms with van der Waals surface area (Å²) in [7, 11) is 0. The summed E-state index contributed by atoms with van der Waals surface area (Å²) in [6.07, 6.45) is 1.18. The number of carbonyl (C=O) groups is 2. The number of anilines is 1. The maximum Gasteiger partial charge on any atom is 0.328 e. The zero-order valence-electron chi connectivity index (χ0n) is 19.9. The van der Waals surface area contributed by atoms with E-state index < -0.39 is 5.97 Å². The predicted molar refractivity (Wildman–Crippen MR) is 143 cm³/mol. The van der Waals surface area contributed by atoms with E-state index in [0.717, 1.165) is 16.7 Å². The number of carboxylic acids is 1. The van der Waals surface area contributed by atoms with Crippen molar-refractivity contribution in [2.24, 2.45) is 0 Å². The summed E-state index contributed by atoms with van der Waals surface area (Å²) in [4.78, 5) is 27.0. The lowest BCUT2D eigenvalue weighted by atomic mass is 9.96. The Bertz CT molecular complexity index is 1280. The van der Waals surface area contributed by atoms with Crippen LogP contribution in [-0.2, 0) is 22.7 Å². The van der Waals surface area contributed by atoms with Gasteiger partial charge >= 0.3 is 5.97 Å². The summed E-state index contributed by atoms with van der Waals surface area (Å²) in [5, 5.41) is 12.5. The van der Waals surface area contributed by atoms with Gasteiger partial charge in [-0.1, -0.05) is 109 Å². The molecule has 0 aliphatic heterocycles. The molecule has 36 heavy (non-hydrogen) atoms. The van der Waals surface area contributed by atoms with Crippen molar-refractivity contribution < 1.29 is 14.7 Å². The van der Waals surface area contributed by atoms with Crippen LogP contribution in [0.1, 0.15) is 22.3 Å². The average Bonchev–Trinajstić information content (AvgIpc) is 2.89. The van der Waals surface area contributed by atoms with Crippen LogP contribution in [0.3, 0.4) is 0 Å².